The number of nitrogens with zero attached hydrogens (tertiary/aromatic N) is 3. The molecule has 0 saturated carbocycles. The number of imidazole rings is 1. The SMILES string of the molecule is O=C1Nc2ccccc2C1C(=Nc1ccc(-c2cnc[nH]2)cc1)c1ccc(CN2CCCCC2=O)cc1. The minimum atomic E-state index is -0.516. The van der Waals surface area contributed by atoms with Crippen molar-refractivity contribution >= 4 is 28.9 Å². The lowest BCUT2D eigenvalue weighted by atomic mass is 9.90. The van der Waals surface area contributed by atoms with Gasteiger partial charge in [0.05, 0.1) is 29.6 Å². The van der Waals surface area contributed by atoms with E-state index in [1.165, 1.54) is 0 Å². The average molecular weight is 490 g/mol. The van der Waals surface area contributed by atoms with Crippen molar-refractivity contribution in [3.63, 3.8) is 0 Å². The van der Waals surface area contributed by atoms with Crippen LogP contribution < -0.4 is 5.32 Å². The Balaban J connectivity index is 1.35. The summed E-state index contributed by atoms with van der Waals surface area (Å²) in [5, 5.41) is 3.01. The monoisotopic (exact) mass is 489 g/mol. The number of rotatable bonds is 6. The Morgan fingerprint density at radius 2 is 1.78 bits per heavy atom. The molecule has 3 heterocycles. The second-order valence-corrected chi connectivity index (χ2v) is 9.49. The number of aromatic nitrogens is 2. The van der Waals surface area contributed by atoms with Gasteiger partial charge in [-0.15, -0.1) is 0 Å². The maximum absolute atomic E-state index is 13.2. The number of hydrogen-bond acceptors (Lipinski definition) is 4. The summed E-state index contributed by atoms with van der Waals surface area (Å²) in [6, 6.07) is 23.7. The van der Waals surface area contributed by atoms with Crippen LogP contribution in [0.15, 0.2) is 90.3 Å². The minimum absolute atomic E-state index is 0.0861. The van der Waals surface area contributed by atoms with E-state index < -0.39 is 5.92 Å². The zero-order chi connectivity index (χ0) is 25.2. The highest BCUT2D eigenvalue weighted by Gasteiger charge is 2.35. The maximum Gasteiger partial charge on any atom is 0.238 e. The van der Waals surface area contributed by atoms with Gasteiger partial charge in [-0.2, -0.15) is 0 Å². The van der Waals surface area contributed by atoms with Crippen LogP contribution in [-0.2, 0) is 16.1 Å². The van der Waals surface area contributed by atoms with Crippen molar-refractivity contribution in [1.29, 1.82) is 0 Å². The number of likely N-dealkylation sites (tertiary alicyclic amines) is 1. The van der Waals surface area contributed by atoms with Gasteiger partial charge in [-0.1, -0.05) is 54.6 Å². The number of nitrogens with one attached hydrogen (secondary N) is 2. The van der Waals surface area contributed by atoms with Gasteiger partial charge in [-0.3, -0.25) is 14.6 Å². The van der Waals surface area contributed by atoms with Gasteiger partial charge < -0.3 is 15.2 Å². The Hall–Kier alpha value is -4.52. The van der Waals surface area contributed by atoms with Crippen LogP contribution in [0.4, 0.5) is 11.4 Å². The van der Waals surface area contributed by atoms with E-state index in [0.29, 0.717) is 18.7 Å². The quantitative estimate of drug-likeness (QED) is 0.353. The number of aromatic amines is 1. The number of aliphatic imine (C=N–C) groups is 1. The number of anilines is 1. The van der Waals surface area contributed by atoms with Crippen molar-refractivity contribution in [2.45, 2.75) is 31.7 Å². The van der Waals surface area contributed by atoms with Gasteiger partial charge in [-0.05, 0) is 53.3 Å². The van der Waals surface area contributed by atoms with Crippen molar-refractivity contribution in [3.05, 3.63) is 102 Å². The van der Waals surface area contributed by atoms with Crippen molar-refractivity contribution in [3.8, 4) is 11.3 Å². The van der Waals surface area contributed by atoms with E-state index in [9.17, 15) is 9.59 Å². The van der Waals surface area contributed by atoms with Crippen LogP contribution in [0, 0.1) is 0 Å². The molecule has 1 unspecified atom stereocenters. The van der Waals surface area contributed by atoms with Crippen LogP contribution in [0.1, 0.15) is 41.9 Å². The molecule has 4 aromatic rings. The van der Waals surface area contributed by atoms with Crippen LogP contribution in [-0.4, -0.2) is 38.9 Å². The maximum atomic E-state index is 13.2. The zero-order valence-electron chi connectivity index (χ0n) is 20.4. The smallest absolute Gasteiger partial charge is 0.238 e. The molecule has 0 bridgehead atoms. The summed E-state index contributed by atoms with van der Waals surface area (Å²) in [6.07, 6.45) is 6.09. The Morgan fingerprint density at radius 3 is 2.54 bits per heavy atom. The number of benzene rings is 3. The number of H-pyrrole nitrogens is 1. The van der Waals surface area contributed by atoms with Gasteiger partial charge in [0.15, 0.2) is 0 Å². The first kappa shape index (κ1) is 22.9. The molecule has 2 aliphatic heterocycles. The first-order valence-electron chi connectivity index (χ1n) is 12.6. The summed E-state index contributed by atoms with van der Waals surface area (Å²) in [7, 11) is 0. The molecule has 1 saturated heterocycles. The molecule has 1 atom stereocenters. The van der Waals surface area contributed by atoms with Crippen LogP contribution in [0.25, 0.3) is 11.3 Å². The number of piperidine rings is 1. The number of hydrogen-bond donors (Lipinski definition) is 2. The Labute approximate surface area is 215 Å². The Kier molecular flexibility index (Phi) is 6.10. The predicted octanol–water partition coefficient (Wildman–Crippen LogP) is 5.45. The van der Waals surface area contributed by atoms with Gasteiger partial charge >= 0.3 is 0 Å². The normalized spacial score (nSPS) is 17.6. The molecule has 37 heavy (non-hydrogen) atoms. The molecule has 2 aliphatic rings. The van der Waals surface area contributed by atoms with E-state index in [0.717, 1.165) is 58.7 Å². The molecular weight excluding hydrogens is 462 g/mol. The standard InChI is InChI=1S/C30H27N5O2/c36-27-7-3-4-16-35(27)18-20-8-10-22(11-9-20)29(28-24-5-1-2-6-25(24)34-30(28)37)33-23-14-12-21(13-15-23)26-17-31-19-32-26/h1-2,5-6,8-15,17,19,28H,3-4,7,16,18H2,(H,31,32)(H,34,37). The van der Waals surface area contributed by atoms with Crippen LogP contribution in [0.2, 0.25) is 0 Å². The number of para-hydroxylation sites is 1. The molecule has 2 amide bonds. The number of carbonyl (C=O) groups excluding carboxylic acids is 2. The molecule has 1 aromatic heterocycles. The fraction of sp³-hybridized carbons (Fsp3) is 0.200. The Morgan fingerprint density at radius 1 is 0.973 bits per heavy atom. The van der Waals surface area contributed by atoms with E-state index in [1.54, 1.807) is 12.5 Å². The number of amides is 2. The fourth-order valence-corrected chi connectivity index (χ4v) is 5.07. The van der Waals surface area contributed by atoms with Gasteiger partial charge in [0.25, 0.3) is 0 Å². The molecule has 1 fully saturated rings. The van der Waals surface area contributed by atoms with Gasteiger partial charge in [0.1, 0.15) is 5.92 Å². The summed E-state index contributed by atoms with van der Waals surface area (Å²) in [4.78, 5) is 39.6. The highest BCUT2D eigenvalue weighted by molar-refractivity contribution is 6.24. The lowest BCUT2D eigenvalue weighted by Crippen LogP contribution is -2.34. The van der Waals surface area contributed by atoms with E-state index in [4.69, 9.17) is 4.99 Å². The largest absolute Gasteiger partial charge is 0.345 e. The molecule has 184 valence electrons. The Bertz CT molecular complexity index is 1460. The third-order valence-electron chi connectivity index (χ3n) is 7.04. The molecule has 2 N–H and O–H groups in total. The van der Waals surface area contributed by atoms with Crippen molar-refractivity contribution in [2.24, 2.45) is 4.99 Å². The molecule has 3 aromatic carbocycles. The molecule has 6 rings (SSSR count). The van der Waals surface area contributed by atoms with E-state index in [2.05, 4.69) is 15.3 Å². The molecular formula is C30H27N5O2. The third-order valence-corrected chi connectivity index (χ3v) is 7.04. The molecule has 0 spiro atoms. The van der Waals surface area contributed by atoms with E-state index in [1.807, 2.05) is 77.7 Å². The summed E-state index contributed by atoms with van der Waals surface area (Å²) in [6.45, 7) is 1.41. The summed E-state index contributed by atoms with van der Waals surface area (Å²) < 4.78 is 0. The highest BCUT2D eigenvalue weighted by Crippen LogP contribution is 2.36. The van der Waals surface area contributed by atoms with Crippen LogP contribution in [0.3, 0.4) is 0 Å². The predicted molar refractivity (Wildman–Crippen MR) is 144 cm³/mol. The summed E-state index contributed by atoms with van der Waals surface area (Å²) >= 11 is 0. The lowest BCUT2D eigenvalue weighted by molar-refractivity contribution is -0.133. The van der Waals surface area contributed by atoms with Crippen molar-refractivity contribution < 1.29 is 9.59 Å². The molecule has 0 aliphatic carbocycles. The van der Waals surface area contributed by atoms with E-state index >= 15 is 0 Å². The summed E-state index contributed by atoms with van der Waals surface area (Å²) in [5.41, 5.74) is 7.09. The third kappa shape index (κ3) is 4.68. The first-order chi connectivity index (χ1) is 18.2. The highest BCUT2D eigenvalue weighted by atomic mass is 16.2. The molecule has 7 heteroatoms. The van der Waals surface area contributed by atoms with Gasteiger partial charge in [0, 0.05) is 25.2 Å². The lowest BCUT2D eigenvalue weighted by Gasteiger charge is -2.26. The molecule has 7 nitrogen and oxygen atoms in total. The second kappa shape index (κ2) is 9.85. The number of carbonyl (C=O) groups is 2. The second-order valence-electron chi connectivity index (χ2n) is 9.49. The number of fused-ring (bicyclic) bond motifs is 1. The molecule has 0 radical (unpaired) electrons. The fourth-order valence-electron chi connectivity index (χ4n) is 5.07. The average Bonchev–Trinajstić information content (AvgIpc) is 3.57. The van der Waals surface area contributed by atoms with Crippen molar-refractivity contribution in [2.75, 3.05) is 11.9 Å². The first-order valence-corrected chi connectivity index (χ1v) is 12.6. The van der Waals surface area contributed by atoms with Gasteiger partial charge in [-0.25, -0.2) is 4.98 Å². The van der Waals surface area contributed by atoms with Gasteiger partial charge in [0.2, 0.25) is 11.8 Å². The minimum Gasteiger partial charge on any atom is -0.345 e. The van der Waals surface area contributed by atoms with Crippen LogP contribution >= 0.6 is 0 Å². The summed E-state index contributed by atoms with van der Waals surface area (Å²) in [5.74, 6) is -0.384. The topological polar surface area (TPSA) is 90.4 Å². The van der Waals surface area contributed by atoms with Crippen LogP contribution in [0.5, 0.6) is 0 Å². The van der Waals surface area contributed by atoms with E-state index in [-0.39, 0.29) is 11.8 Å². The van der Waals surface area contributed by atoms with Crippen molar-refractivity contribution in [1.82, 2.24) is 14.9 Å². The zero-order valence-corrected chi connectivity index (χ0v) is 20.4.